The number of hydrogen-bond donors (Lipinski definition) is 1. The van der Waals surface area contributed by atoms with Crippen LogP contribution in [0.1, 0.15) is 29.4 Å². The molecule has 0 spiro atoms. The van der Waals surface area contributed by atoms with Gasteiger partial charge in [0, 0.05) is 13.1 Å². The van der Waals surface area contributed by atoms with Crippen molar-refractivity contribution in [1.29, 1.82) is 0 Å². The summed E-state index contributed by atoms with van der Waals surface area (Å²) in [6.45, 7) is 3.20. The first-order valence-corrected chi connectivity index (χ1v) is 6.30. The van der Waals surface area contributed by atoms with Gasteiger partial charge in [-0.05, 0) is 19.8 Å². The summed E-state index contributed by atoms with van der Waals surface area (Å²) < 4.78 is 0. The molecule has 1 aromatic rings. The van der Waals surface area contributed by atoms with Crippen molar-refractivity contribution in [2.75, 3.05) is 18.0 Å². The second kappa shape index (κ2) is 4.31. The number of nitrogens with zero attached hydrogens (tertiary/aromatic N) is 2. The predicted molar refractivity (Wildman–Crippen MR) is 64.6 cm³/mol. The second-order valence-corrected chi connectivity index (χ2v) is 5.66. The quantitative estimate of drug-likeness (QED) is 0.826. The van der Waals surface area contributed by atoms with E-state index in [4.69, 9.17) is 11.6 Å². The van der Waals surface area contributed by atoms with E-state index in [1.807, 2.05) is 11.8 Å². The molecule has 1 saturated heterocycles. The Morgan fingerprint density at radius 2 is 2.44 bits per heavy atom. The van der Waals surface area contributed by atoms with Crippen LogP contribution < -0.4 is 4.90 Å². The second-order valence-electron chi connectivity index (χ2n) is 4.29. The molecule has 0 saturated carbocycles. The highest BCUT2D eigenvalue weighted by Crippen LogP contribution is 2.32. The fourth-order valence-electron chi connectivity index (χ4n) is 1.89. The van der Waals surface area contributed by atoms with Gasteiger partial charge in [0.05, 0.1) is 5.60 Å². The van der Waals surface area contributed by atoms with Gasteiger partial charge in [-0.2, -0.15) is 0 Å². The minimum absolute atomic E-state index is 0.250. The Bertz CT molecular complexity index is 406. The third kappa shape index (κ3) is 2.36. The molecule has 1 atom stereocenters. The smallest absolute Gasteiger partial charge is 0.187 e. The largest absolute Gasteiger partial charge is 0.388 e. The van der Waals surface area contributed by atoms with Gasteiger partial charge in [0.1, 0.15) is 4.88 Å². The van der Waals surface area contributed by atoms with E-state index in [1.165, 1.54) is 11.3 Å². The van der Waals surface area contributed by atoms with Crippen molar-refractivity contribution in [2.24, 2.45) is 0 Å². The molecule has 0 radical (unpaired) electrons. The molecule has 0 aromatic carbocycles. The zero-order valence-corrected chi connectivity index (χ0v) is 10.5. The van der Waals surface area contributed by atoms with E-state index in [1.54, 1.807) is 0 Å². The van der Waals surface area contributed by atoms with Crippen LogP contribution in [0.5, 0.6) is 0 Å². The molecule has 1 aromatic heterocycles. The highest BCUT2D eigenvalue weighted by molar-refractivity contribution is 7.17. The highest BCUT2D eigenvalue weighted by Gasteiger charge is 2.30. The molecular formula is C10H13ClN2O2S. The first-order valence-electron chi connectivity index (χ1n) is 5.11. The summed E-state index contributed by atoms with van der Waals surface area (Å²) in [5, 5.41) is 10.9. The van der Waals surface area contributed by atoms with E-state index in [0.29, 0.717) is 22.8 Å². The molecule has 0 bridgehead atoms. The fraction of sp³-hybridized carbons (Fsp3) is 0.600. The van der Waals surface area contributed by atoms with Crippen LogP contribution in [0.4, 0.5) is 5.13 Å². The predicted octanol–water partition coefficient (Wildman–Crippen LogP) is 1.96. The molecule has 1 aliphatic rings. The maximum Gasteiger partial charge on any atom is 0.187 e. The van der Waals surface area contributed by atoms with Crippen LogP contribution in [0.25, 0.3) is 0 Å². The Labute approximate surface area is 103 Å². The molecule has 16 heavy (non-hydrogen) atoms. The first kappa shape index (κ1) is 11.8. The van der Waals surface area contributed by atoms with Crippen molar-refractivity contribution in [3.05, 3.63) is 10.0 Å². The van der Waals surface area contributed by atoms with Crippen LogP contribution in [-0.4, -0.2) is 35.1 Å². The SMILES string of the molecule is CC1(O)CCCN(c2nc(Cl)c(C=O)s2)C1. The molecule has 1 aliphatic heterocycles. The molecule has 0 amide bonds. The van der Waals surface area contributed by atoms with Gasteiger partial charge in [-0.25, -0.2) is 4.98 Å². The Kier molecular flexibility index (Phi) is 3.19. The number of hydrogen-bond acceptors (Lipinski definition) is 5. The van der Waals surface area contributed by atoms with E-state index >= 15 is 0 Å². The summed E-state index contributed by atoms with van der Waals surface area (Å²) in [5.41, 5.74) is -0.683. The van der Waals surface area contributed by atoms with Gasteiger partial charge in [-0.3, -0.25) is 4.79 Å². The van der Waals surface area contributed by atoms with Crippen LogP contribution in [0.3, 0.4) is 0 Å². The van der Waals surface area contributed by atoms with E-state index in [0.717, 1.165) is 19.4 Å². The summed E-state index contributed by atoms with van der Waals surface area (Å²) in [7, 11) is 0. The summed E-state index contributed by atoms with van der Waals surface area (Å²) >= 11 is 7.08. The summed E-state index contributed by atoms with van der Waals surface area (Å²) in [5.74, 6) is 0. The lowest BCUT2D eigenvalue weighted by Gasteiger charge is -2.36. The summed E-state index contributed by atoms with van der Waals surface area (Å²) in [6, 6.07) is 0. The zero-order valence-electron chi connectivity index (χ0n) is 8.94. The zero-order chi connectivity index (χ0) is 11.8. The maximum atomic E-state index is 10.7. The van der Waals surface area contributed by atoms with Gasteiger partial charge in [0.25, 0.3) is 0 Å². The standard InChI is InChI=1S/C10H13ClN2O2S/c1-10(15)3-2-4-13(6-10)9-12-8(11)7(5-14)16-9/h5,15H,2-4,6H2,1H3. The number of β-amino-alcohol motifs (C(OH)–C–C–N with tert-alkyl or cyclic N) is 1. The van der Waals surface area contributed by atoms with Gasteiger partial charge in [-0.1, -0.05) is 22.9 Å². The van der Waals surface area contributed by atoms with Crippen LogP contribution in [0.15, 0.2) is 0 Å². The Morgan fingerprint density at radius 3 is 3.00 bits per heavy atom. The Balaban J connectivity index is 2.20. The van der Waals surface area contributed by atoms with Gasteiger partial charge >= 0.3 is 0 Å². The number of carbonyl (C=O) groups excluding carboxylic acids is 1. The number of piperidine rings is 1. The molecule has 1 unspecified atom stereocenters. The lowest BCUT2D eigenvalue weighted by molar-refractivity contribution is 0.0449. The first-order chi connectivity index (χ1) is 7.52. The molecule has 2 heterocycles. The lowest BCUT2D eigenvalue weighted by atomic mass is 9.96. The van der Waals surface area contributed by atoms with E-state index in [2.05, 4.69) is 4.98 Å². The fourth-order valence-corrected chi connectivity index (χ4v) is 2.98. The normalized spacial score (nSPS) is 25.8. The lowest BCUT2D eigenvalue weighted by Crippen LogP contribution is -2.46. The Morgan fingerprint density at radius 1 is 1.69 bits per heavy atom. The molecule has 6 heteroatoms. The van der Waals surface area contributed by atoms with Gasteiger partial charge < -0.3 is 10.0 Å². The van der Waals surface area contributed by atoms with Crippen molar-refractivity contribution in [3.8, 4) is 0 Å². The van der Waals surface area contributed by atoms with E-state index in [9.17, 15) is 9.90 Å². The van der Waals surface area contributed by atoms with Crippen molar-refractivity contribution in [3.63, 3.8) is 0 Å². The number of aromatic nitrogens is 1. The van der Waals surface area contributed by atoms with Crippen LogP contribution in [0, 0.1) is 0 Å². The molecule has 88 valence electrons. The van der Waals surface area contributed by atoms with E-state index in [-0.39, 0.29) is 5.15 Å². The third-order valence-corrected chi connectivity index (χ3v) is 4.09. The number of thiazole rings is 1. The topological polar surface area (TPSA) is 53.4 Å². The molecule has 1 fully saturated rings. The average molecular weight is 261 g/mol. The van der Waals surface area contributed by atoms with Gasteiger partial charge in [0.2, 0.25) is 0 Å². The van der Waals surface area contributed by atoms with Crippen molar-refractivity contribution < 1.29 is 9.90 Å². The number of rotatable bonds is 2. The van der Waals surface area contributed by atoms with E-state index < -0.39 is 5.60 Å². The molecule has 1 N–H and O–H groups in total. The third-order valence-electron chi connectivity index (χ3n) is 2.65. The van der Waals surface area contributed by atoms with Gasteiger partial charge in [-0.15, -0.1) is 0 Å². The number of halogens is 1. The number of aliphatic hydroxyl groups is 1. The van der Waals surface area contributed by atoms with Crippen molar-refractivity contribution >= 4 is 34.4 Å². The highest BCUT2D eigenvalue weighted by atomic mass is 35.5. The van der Waals surface area contributed by atoms with Crippen LogP contribution in [-0.2, 0) is 0 Å². The number of anilines is 1. The molecule has 2 rings (SSSR count). The maximum absolute atomic E-state index is 10.7. The average Bonchev–Trinajstić information content (AvgIpc) is 2.58. The Hall–Kier alpha value is -0.650. The molecule has 4 nitrogen and oxygen atoms in total. The van der Waals surface area contributed by atoms with Gasteiger partial charge in [0.15, 0.2) is 16.6 Å². The minimum atomic E-state index is -0.683. The van der Waals surface area contributed by atoms with Crippen molar-refractivity contribution in [1.82, 2.24) is 4.98 Å². The van der Waals surface area contributed by atoms with Crippen LogP contribution in [0.2, 0.25) is 5.15 Å². The monoisotopic (exact) mass is 260 g/mol. The number of aldehydes is 1. The molecular weight excluding hydrogens is 248 g/mol. The summed E-state index contributed by atoms with van der Waals surface area (Å²) in [6.07, 6.45) is 2.43. The number of carbonyl (C=O) groups is 1. The molecule has 0 aliphatic carbocycles. The minimum Gasteiger partial charge on any atom is -0.388 e. The summed E-state index contributed by atoms with van der Waals surface area (Å²) in [4.78, 5) is 17.2. The van der Waals surface area contributed by atoms with Crippen LogP contribution >= 0.6 is 22.9 Å². The van der Waals surface area contributed by atoms with Crippen molar-refractivity contribution in [2.45, 2.75) is 25.4 Å².